The molecule has 2 aromatic rings. The quantitative estimate of drug-likeness (QED) is 0.557. The number of nitro groups is 1. The molecule has 0 aliphatic carbocycles. The first-order valence-electron chi connectivity index (χ1n) is 9.72. The number of rotatable bonds is 5. The van der Waals surface area contributed by atoms with Crippen LogP contribution in [-0.2, 0) is 10.2 Å². The average Bonchev–Trinajstić information content (AvgIpc) is 2.78. The lowest BCUT2D eigenvalue weighted by Crippen LogP contribution is -2.54. The summed E-state index contributed by atoms with van der Waals surface area (Å²) in [5.41, 5.74) is -0.0206. The predicted octanol–water partition coefficient (Wildman–Crippen LogP) is 2.87. The summed E-state index contributed by atoms with van der Waals surface area (Å²) in [4.78, 5) is 40.1. The van der Waals surface area contributed by atoms with Gasteiger partial charge in [-0.1, -0.05) is 30.3 Å². The number of piperazine rings is 1. The van der Waals surface area contributed by atoms with Gasteiger partial charge >= 0.3 is 0 Å². The number of hydrogen-bond donors (Lipinski definition) is 0. The van der Waals surface area contributed by atoms with Gasteiger partial charge in [-0.15, -0.1) is 0 Å². The highest BCUT2D eigenvalue weighted by atomic mass is 16.6. The fraction of sp³-hybridized carbons (Fsp3) is 0.364. The van der Waals surface area contributed by atoms with Crippen LogP contribution in [-0.4, -0.2) is 59.8 Å². The summed E-state index contributed by atoms with van der Waals surface area (Å²) < 4.78 is 5.11. The third kappa shape index (κ3) is 4.12. The molecule has 0 spiro atoms. The Kier molecular flexibility index (Phi) is 6.05. The standard InChI is InChI=1S/C22H25N3O5/c1-22(2,16-7-5-4-6-8-16)21(27)24-13-11-23(12-14-24)20(26)18-15-17(30-3)9-10-19(18)25(28)29/h4-10,15H,11-14H2,1-3H3. The van der Waals surface area contributed by atoms with Crippen LogP contribution in [0.3, 0.4) is 0 Å². The molecular weight excluding hydrogens is 386 g/mol. The summed E-state index contributed by atoms with van der Waals surface area (Å²) in [6.45, 7) is 5.15. The van der Waals surface area contributed by atoms with Gasteiger partial charge in [0, 0.05) is 32.2 Å². The van der Waals surface area contributed by atoms with Crippen LogP contribution in [0.25, 0.3) is 0 Å². The number of carbonyl (C=O) groups is 2. The van der Waals surface area contributed by atoms with Crippen molar-refractivity contribution in [1.82, 2.24) is 9.80 Å². The van der Waals surface area contributed by atoms with E-state index in [0.29, 0.717) is 31.9 Å². The number of carbonyl (C=O) groups excluding carboxylic acids is 2. The fourth-order valence-electron chi connectivity index (χ4n) is 3.63. The van der Waals surface area contributed by atoms with Gasteiger partial charge in [-0.25, -0.2) is 0 Å². The van der Waals surface area contributed by atoms with E-state index in [0.717, 1.165) is 5.56 Å². The number of nitrogens with zero attached hydrogens (tertiary/aromatic N) is 3. The Morgan fingerprint density at radius 1 is 1.00 bits per heavy atom. The summed E-state index contributed by atoms with van der Waals surface area (Å²) in [6, 6.07) is 13.7. The van der Waals surface area contributed by atoms with Gasteiger partial charge in [-0.05, 0) is 31.5 Å². The maximum atomic E-state index is 13.1. The van der Waals surface area contributed by atoms with Gasteiger partial charge in [0.1, 0.15) is 11.3 Å². The molecule has 2 amide bonds. The van der Waals surface area contributed by atoms with Crippen LogP contribution >= 0.6 is 0 Å². The normalized spacial score (nSPS) is 14.4. The molecule has 0 N–H and O–H groups in total. The summed E-state index contributed by atoms with van der Waals surface area (Å²) in [6.07, 6.45) is 0. The molecule has 8 heteroatoms. The molecule has 0 unspecified atom stereocenters. The molecule has 0 radical (unpaired) electrons. The van der Waals surface area contributed by atoms with E-state index in [1.54, 1.807) is 9.80 Å². The van der Waals surface area contributed by atoms with E-state index in [4.69, 9.17) is 4.74 Å². The topological polar surface area (TPSA) is 93.0 Å². The Hall–Kier alpha value is -3.42. The molecule has 1 aliphatic heterocycles. The van der Waals surface area contributed by atoms with Crippen LogP contribution in [0.1, 0.15) is 29.8 Å². The molecule has 0 bridgehead atoms. The minimum absolute atomic E-state index is 0.00633. The van der Waals surface area contributed by atoms with Crippen LogP contribution in [0.4, 0.5) is 5.69 Å². The minimum atomic E-state index is -0.682. The zero-order valence-corrected chi connectivity index (χ0v) is 17.3. The lowest BCUT2D eigenvalue weighted by Gasteiger charge is -2.38. The molecular formula is C22H25N3O5. The molecule has 0 aromatic heterocycles. The van der Waals surface area contributed by atoms with Crippen LogP contribution in [0.2, 0.25) is 0 Å². The summed E-state index contributed by atoms with van der Waals surface area (Å²) in [5, 5.41) is 11.3. The molecule has 1 heterocycles. The number of hydrogen-bond acceptors (Lipinski definition) is 5. The number of nitro benzene ring substituents is 1. The van der Waals surface area contributed by atoms with E-state index in [9.17, 15) is 19.7 Å². The van der Waals surface area contributed by atoms with Gasteiger partial charge in [0.15, 0.2) is 0 Å². The molecule has 1 fully saturated rings. The van der Waals surface area contributed by atoms with Crippen molar-refractivity contribution in [2.75, 3.05) is 33.3 Å². The van der Waals surface area contributed by atoms with Gasteiger partial charge in [-0.3, -0.25) is 19.7 Å². The van der Waals surface area contributed by atoms with Crippen molar-refractivity contribution in [1.29, 1.82) is 0 Å². The van der Waals surface area contributed by atoms with E-state index in [2.05, 4.69) is 0 Å². The van der Waals surface area contributed by atoms with E-state index in [-0.39, 0.29) is 17.2 Å². The Balaban J connectivity index is 1.72. The van der Waals surface area contributed by atoms with Gasteiger partial charge in [-0.2, -0.15) is 0 Å². The van der Waals surface area contributed by atoms with Crippen LogP contribution in [0.5, 0.6) is 5.75 Å². The molecule has 3 rings (SSSR count). The molecule has 2 aromatic carbocycles. The van der Waals surface area contributed by atoms with Gasteiger partial charge < -0.3 is 14.5 Å². The Morgan fingerprint density at radius 3 is 2.17 bits per heavy atom. The highest BCUT2D eigenvalue weighted by Gasteiger charge is 2.36. The Labute approximate surface area is 175 Å². The smallest absolute Gasteiger partial charge is 0.282 e. The van der Waals surface area contributed by atoms with Crippen molar-refractivity contribution in [2.45, 2.75) is 19.3 Å². The van der Waals surface area contributed by atoms with Crippen molar-refractivity contribution >= 4 is 17.5 Å². The lowest BCUT2D eigenvalue weighted by atomic mass is 9.83. The first kappa shape index (κ1) is 21.3. The number of methoxy groups -OCH3 is 1. The summed E-state index contributed by atoms with van der Waals surface area (Å²) in [5.74, 6) is -0.0643. The molecule has 158 valence electrons. The first-order chi connectivity index (χ1) is 14.3. The van der Waals surface area contributed by atoms with Crippen LogP contribution in [0, 0.1) is 10.1 Å². The molecule has 30 heavy (non-hydrogen) atoms. The third-order valence-corrected chi connectivity index (χ3v) is 5.52. The van der Waals surface area contributed by atoms with Gasteiger partial charge in [0.05, 0.1) is 17.4 Å². The van der Waals surface area contributed by atoms with Crippen LogP contribution in [0.15, 0.2) is 48.5 Å². The molecule has 1 saturated heterocycles. The zero-order chi connectivity index (χ0) is 21.9. The van der Waals surface area contributed by atoms with Crippen molar-refractivity contribution in [3.63, 3.8) is 0 Å². The molecule has 0 saturated carbocycles. The Morgan fingerprint density at radius 2 is 1.60 bits per heavy atom. The maximum Gasteiger partial charge on any atom is 0.282 e. The zero-order valence-electron chi connectivity index (χ0n) is 17.3. The molecule has 0 atom stereocenters. The SMILES string of the molecule is COc1ccc([N+](=O)[O-])c(C(=O)N2CCN(C(=O)C(C)(C)c3ccccc3)CC2)c1. The van der Waals surface area contributed by atoms with Crippen LogP contribution < -0.4 is 4.74 Å². The monoisotopic (exact) mass is 411 g/mol. The molecule has 8 nitrogen and oxygen atoms in total. The first-order valence-corrected chi connectivity index (χ1v) is 9.72. The minimum Gasteiger partial charge on any atom is -0.497 e. The Bertz CT molecular complexity index is 951. The maximum absolute atomic E-state index is 13.1. The lowest BCUT2D eigenvalue weighted by molar-refractivity contribution is -0.385. The van der Waals surface area contributed by atoms with Crippen molar-refractivity contribution < 1.29 is 19.2 Å². The van der Waals surface area contributed by atoms with E-state index in [1.807, 2.05) is 44.2 Å². The number of ether oxygens (including phenoxy) is 1. The second-order valence-corrected chi connectivity index (χ2v) is 7.72. The van der Waals surface area contributed by atoms with E-state index in [1.165, 1.54) is 25.3 Å². The second kappa shape index (κ2) is 8.52. The average molecular weight is 411 g/mol. The second-order valence-electron chi connectivity index (χ2n) is 7.72. The largest absolute Gasteiger partial charge is 0.497 e. The summed E-state index contributed by atoms with van der Waals surface area (Å²) in [7, 11) is 1.44. The van der Waals surface area contributed by atoms with Gasteiger partial charge in [0.2, 0.25) is 5.91 Å². The van der Waals surface area contributed by atoms with Gasteiger partial charge in [0.25, 0.3) is 11.6 Å². The van der Waals surface area contributed by atoms with Crippen molar-refractivity contribution in [3.8, 4) is 5.75 Å². The third-order valence-electron chi connectivity index (χ3n) is 5.52. The number of benzene rings is 2. The fourth-order valence-corrected chi connectivity index (χ4v) is 3.63. The van der Waals surface area contributed by atoms with Crippen molar-refractivity contribution in [2.24, 2.45) is 0 Å². The highest BCUT2D eigenvalue weighted by molar-refractivity contribution is 5.98. The van der Waals surface area contributed by atoms with E-state index < -0.39 is 16.2 Å². The summed E-state index contributed by atoms with van der Waals surface area (Å²) >= 11 is 0. The molecule has 1 aliphatic rings. The number of amides is 2. The van der Waals surface area contributed by atoms with Crippen molar-refractivity contribution in [3.05, 3.63) is 69.8 Å². The van der Waals surface area contributed by atoms with E-state index >= 15 is 0 Å². The predicted molar refractivity (Wildman–Crippen MR) is 112 cm³/mol. The highest BCUT2D eigenvalue weighted by Crippen LogP contribution is 2.28.